The lowest BCUT2D eigenvalue weighted by Gasteiger charge is -2.55. The fourth-order valence-electron chi connectivity index (χ4n) is 3.17. The lowest BCUT2D eigenvalue weighted by atomic mass is 9.58. The van der Waals surface area contributed by atoms with Crippen molar-refractivity contribution in [3.8, 4) is 0 Å². The highest BCUT2D eigenvalue weighted by atomic mass is 35.5. The van der Waals surface area contributed by atoms with Crippen molar-refractivity contribution in [3.63, 3.8) is 0 Å². The highest BCUT2D eigenvalue weighted by Gasteiger charge is 2.54. The van der Waals surface area contributed by atoms with Crippen molar-refractivity contribution >= 4 is 11.6 Å². The van der Waals surface area contributed by atoms with Crippen LogP contribution in [-0.4, -0.2) is 31.3 Å². The molecule has 0 aromatic rings. The minimum Gasteiger partial charge on any atom is -0.379 e. The zero-order chi connectivity index (χ0) is 11.4. The molecule has 2 fully saturated rings. The molecule has 3 heteroatoms. The number of halogens is 1. The van der Waals surface area contributed by atoms with Crippen LogP contribution in [0.25, 0.3) is 0 Å². The van der Waals surface area contributed by atoms with Crippen LogP contribution >= 0.6 is 11.6 Å². The van der Waals surface area contributed by atoms with Gasteiger partial charge in [-0.15, -0.1) is 11.6 Å². The van der Waals surface area contributed by atoms with E-state index in [2.05, 4.69) is 0 Å². The normalized spacial score (nSPS) is 32.6. The van der Waals surface area contributed by atoms with E-state index in [0.717, 1.165) is 26.2 Å². The molecule has 0 aromatic carbocycles. The molecule has 2 atom stereocenters. The maximum Gasteiger partial charge on any atom is 0.0704 e. The van der Waals surface area contributed by atoms with Crippen molar-refractivity contribution < 1.29 is 9.47 Å². The summed E-state index contributed by atoms with van der Waals surface area (Å²) in [4.78, 5) is 0. The van der Waals surface area contributed by atoms with Crippen molar-refractivity contribution in [2.75, 3.05) is 19.8 Å². The maximum atomic E-state index is 6.41. The van der Waals surface area contributed by atoms with Gasteiger partial charge in [-0.2, -0.15) is 0 Å². The molecule has 0 aliphatic heterocycles. The van der Waals surface area contributed by atoms with Gasteiger partial charge in [-0.1, -0.05) is 19.3 Å². The first-order valence-corrected chi connectivity index (χ1v) is 7.06. The van der Waals surface area contributed by atoms with Crippen molar-refractivity contribution in [1.82, 2.24) is 0 Å². The van der Waals surface area contributed by atoms with Crippen LogP contribution in [0.15, 0.2) is 0 Å². The molecule has 16 heavy (non-hydrogen) atoms. The molecule has 0 amide bonds. The zero-order valence-electron chi connectivity index (χ0n) is 10.2. The van der Waals surface area contributed by atoms with E-state index >= 15 is 0 Å². The third kappa shape index (κ3) is 2.39. The average molecular weight is 247 g/mol. The van der Waals surface area contributed by atoms with Crippen molar-refractivity contribution in [1.29, 1.82) is 0 Å². The number of ether oxygens (including phenoxy) is 2. The van der Waals surface area contributed by atoms with E-state index in [0.29, 0.717) is 16.9 Å². The third-order valence-corrected chi connectivity index (χ3v) is 4.83. The van der Waals surface area contributed by atoms with Gasteiger partial charge in [0, 0.05) is 17.4 Å². The second-order valence-corrected chi connectivity index (χ2v) is 5.58. The summed E-state index contributed by atoms with van der Waals surface area (Å²) in [5.41, 5.74) is 0.312. The number of hydrogen-bond donors (Lipinski definition) is 0. The van der Waals surface area contributed by atoms with Gasteiger partial charge in [-0.3, -0.25) is 0 Å². The maximum absolute atomic E-state index is 6.41. The Balaban J connectivity index is 1.77. The van der Waals surface area contributed by atoms with Gasteiger partial charge in [-0.25, -0.2) is 0 Å². The molecule has 2 aliphatic rings. The first-order chi connectivity index (χ1) is 7.79. The Kier molecular flexibility index (Phi) is 4.51. The van der Waals surface area contributed by atoms with E-state index in [1.54, 1.807) is 0 Å². The van der Waals surface area contributed by atoms with Crippen LogP contribution < -0.4 is 0 Å². The summed E-state index contributed by atoms with van der Waals surface area (Å²) >= 11 is 6.41. The van der Waals surface area contributed by atoms with Crippen LogP contribution in [0.5, 0.6) is 0 Å². The topological polar surface area (TPSA) is 18.5 Å². The summed E-state index contributed by atoms with van der Waals surface area (Å²) in [5.74, 6) is 0. The van der Waals surface area contributed by atoms with Crippen LogP contribution in [0, 0.1) is 5.41 Å². The van der Waals surface area contributed by atoms with Crippen LogP contribution in [0.4, 0.5) is 0 Å². The predicted octanol–water partition coefficient (Wildman–Crippen LogP) is 3.37. The van der Waals surface area contributed by atoms with Crippen LogP contribution in [-0.2, 0) is 9.47 Å². The largest absolute Gasteiger partial charge is 0.379 e. The zero-order valence-corrected chi connectivity index (χ0v) is 11.0. The highest BCUT2D eigenvalue weighted by Crippen LogP contribution is 2.55. The SMILES string of the molecule is CCOCCOC1CC(Cl)C12CCCCC2. The molecule has 2 unspecified atom stereocenters. The Morgan fingerprint density at radius 3 is 2.56 bits per heavy atom. The quantitative estimate of drug-likeness (QED) is 0.547. The smallest absolute Gasteiger partial charge is 0.0704 e. The number of rotatable bonds is 5. The fourth-order valence-corrected chi connectivity index (χ4v) is 3.69. The Bertz CT molecular complexity index is 214. The van der Waals surface area contributed by atoms with Gasteiger partial charge in [0.25, 0.3) is 0 Å². The van der Waals surface area contributed by atoms with Crippen LogP contribution in [0.3, 0.4) is 0 Å². The first kappa shape index (κ1) is 12.7. The molecule has 1 spiro atoms. The van der Waals surface area contributed by atoms with E-state index in [1.807, 2.05) is 6.92 Å². The standard InChI is InChI=1S/C13H23ClO2/c1-2-15-8-9-16-12-10-11(14)13(12)6-4-3-5-7-13/h11-12H,2-10H2,1H3. The van der Waals surface area contributed by atoms with Gasteiger partial charge in [0.1, 0.15) is 0 Å². The molecule has 0 N–H and O–H groups in total. The number of alkyl halides is 1. The fraction of sp³-hybridized carbons (Fsp3) is 1.00. The third-order valence-electron chi connectivity index (χ3n) is 4.22. The summed E-state index contributed by atoms with van der Waals surface area (Å²) in [6.45, 7) is 4.23. The van der Waals surface area contributed by atoms with Gasteiger partial charge in [0.05, 0.1) is 19.3 Å². The molecule has 0 radical (unpaired) electrons. The highest BCUT2D eigenvalue weighted by molar-refractivity contribution is 6.21. The Morgan fingerprint density at radius 1 is 1.19 bits per heavy atom. The summed E-state index contributed by atoms with van der Waals surface area (Å²) in [6.07, 6.45) is 7.99. The molecule has 94 valence electrons. The van der Waals surface area contributed by atoms with E-state index < -0.39 is 0 Å². The second kappa shape index (κ2) is 5.70. The van der Waals surface area contributed by atoms with Gasteiger partial charge in [-0.05, 0) is 26.2 Å². The number of hydrogen-bond acceptors (Lipinski definition) is 2. The van der Waals surface area contributed by atoms with Gasteiger partial charge in [0.2, 0.25) is 0 Å². The summed E-state index contributed by atoms with van der Waals surface area (Å²) in [6, 6.07) is 0. The molecule has 0 bridgehead atoms. The van der Waals surface area contributed by atoms with Crippen molar-refractivity contribution in [3.05, 3.63) is 0 Å². The van der Waals surface area contributed by atoms with Crippen molar-refractivity contribution in [2.45, 2.75) is 56.9 Å². The van der Waals surface area contributed by atoms with Gasteiger partial charge < -0.3 is 9.47 Å². The van der Waals surface area contributed by atoms with E-state index in [4.69, 9.17) is 21.1 Å². The van der Waals surface area contributed by atoms with E-state index in [9.17, 15) is 0 Å². The molecule has 2 nitrogen and oxygen atoms in total. The molecule has 2 rings (SSSR count). The molecule has 0 heterocycles. The first-order valence-electron chi connectivity index (χ1n) is 6.63. The average Bonchev–Trinajstić information content (AvgIpc) is 2.34. The Hall–Kier alpha value is 0.210. The van der Waals surface area contributed by atoms with Crippen LogP contribution in [0.1, 0.15) is 45.4 Å². The van der Waals surface area contributed by atoms with E-state index in [1.165, 1.54) is 32.1 Å². The summed E-state index contributed by atoms with van der Waals surface area (Å²) < 4.78 is 11.2. The molecule has 0 saturated heterocycles. The second-order valence-electron chi connectivity index (χ2n) is 5.05. The van der Waals surface area contributed by atoms with E-state index in [-0.39, 0.29) is 0 Å². The molecular weight excluding hydrogens is 224 g/mol. The monoisotopic (exact) mass is 246 g/mol. The van der Waals surface area contributed by atoms with Gasteiger partial charge >= 0.3 is 0 Å². The van der Waals surface area contributed by atoms with Crippen molar-refractivity contribution in [2.24, 2.45) is 5.41 Å². The summed E-state index contributed by atoms with van der Waals surface area (Å²) in [5, 5.41) is 0.352. The minimum atomic E-state index is 0.312. The lowest BCUT2D eigenvalue weighted by Crippen LogP contribution is -2.56. The summed E-state index contributed by atoms with van der Waals surface area (Å²) in [7, 11) is 0. The molecular formula is C13H23ClO2. The predicted molar refractivity (Wildman–Crippen MR) is 66.0 cm³/mol. The molecule has 2 aliphatic carbocycles. The van der Waals surface area contributed by atoms with Crippen LogP contribution in [0.2, 0.25) is 0 Å². The Labute approximate surface area is 104 Å². The molecule has 2 saturated carbocycles. The lowest BCUT2D eigenvalue weighted by molar-refractivity contribution is -0.132. The minimum absolute atomic E-state index is 0.312. The Morgan fingerprint density at radius 2 is 1.94 bits per heavy atom. The van der Waals surface area contributed by atoms with Gasteiger partial charge in [0.15, 0.2) is 0 Å². The molecule has 0 aromatic heterocycles.